The summed E-state index contributed by atoms with van der Waals surface area (Å²) in [5.41, 5.74) is 0. The van der Waals surface area contributed by atoms with Crippen molar-refractivity contribution in [3.8, 4) is 11.5 Å². The maximum atomic E-state index is 9.64. The molecule has 0 fully saturated rings. The minimum Gasteiger partial charge on any atom is -0.506 e. The molecule has 2 aromatic carbocycles. The van der Waals surface area contributed by atoms with E-state index in [2.05, 4.69) is 0 Å². The van der Waals surface area contributed by atoms with E-state index in [-0.39, 0.29) is 21.5 Å². The fourth-order valence-corrected chi connectivity index (χ4v) is 1.72. The fraction of sp³-hybridized carbons (Fsp3) is 0. The van der Waals surface area contributed by atoms with Crippen LogP contribution in [0.5, 0.6) is 11.5 Å². The lowest BCUT2D eigenvalue weighted by molar-refractivity contribution is 0.470. The number of hydrogen-bond donors (Lipinski definition) is 2. The molecular formula is C10H6Cl2O2. The third-order valence-corrected chi connectivity index (χ3v) is 2.88. The van der Waals surface area contributed by atoms with Crippen molar-refractivity contribution in [1.29, 1.82) is 0 Å². The van der Waals surface area contributed by atoms with E-state index in [0.29, 0.717) is 10.8 Å². The predicted octanol–water partition coefficient (Wildman–Crippen LogP) is 3.56. The molecule has 0 unspecified atom stereocenters. The summed E-state index contributed by atoms with van der Waals surface area (Å²) in [7, 11) is 0. The SMILES string of the molecule is Oc1c(Cl)c(Cl)c(O)c2ccccc12. The second kappa shape index (κ2) is 3.23. The number of fused-ring (bicyclic) bond motifs is 1. The molecule has 0 aliphatic rings. The highest BCUT2D eigenvalue weighted by Gasteiger charge is 2.14. The quantitative estimate of drug-likeness (QED) is 0.678. The molecule has 0 saturated carbocycles. The normalized spacial score (nSPS) is 10.7. The number of hydrogen-bond acceptors (Lipinski definition) is 2. The van der Waals surface area contributed by atoms with Crippen LogP contribution in [0.1, 0.15) is 0 Å². The largest absolute Gasteiger partial charge is 0.506 e. The zero-order valence-electron chi connectivity index (χ0n) is 6.96. The van der Waals surface area contributed by atoms with Crippen LogP contribution >= 0.6 is 23.2 Å². The van der Waals surface area contributed by atoms with Crippen molar-refractivity contribution in [1.82, 2.24) is 0 Å². The highest BCUT2D eigenvalue weighted by Crippen LogP contribution is 2.44. The molecule has 0 saturated heterocycles. The summed E-state index contributed by atoms with van der Waals surface area (Å²) >= 11 is 11.4. The van der Waals surface area contributed by atoms with E-state index in [4.69, 9.17) is 23.2 Å². The van der Waals surface area contributed by atoms with E-state index >= 15 is 0 Å². The lowest BCUT2D eigenvalue weighted by atomic mass is 10.1. The molecule has 0 radical (unpaired) electrons. The zero-order valence-corrected chi connectivity index (χ0v) is 8.47. The van der Waals surface area contributed by atoms with Gasteiger partial charge in [0.1, 0.15) is 21.5 Å². The molecule has 0 aromatic heterocycles. The van der Waals surface area contributed by atoms with Gasteiger partial charge in [0.15, 0.2) is 0 Å². The Balaban J connectivity index is 3.02. The first-order valence-electron chi connectivity index (χ1n) is 3.90. The van der Waals surface area contributed by atoms with Crippen LogP contribution in [-0.2, 0) is 0 Å². The van der Waals surface area contributed by atoms with Crippen molar-refractivity contribution in [3.05, 3.63) is 34.3 Å². The van der Waals surface area contributed by atoms with Crippen LogP contribution in [-0.4, -0.2) is 10.2 Å². The van der Waals surface area contributed by atoms with Crippen LogP contribution in [0.2, 0.25) is 10.0 Å². The summed E-state index contributed by atoms with van der Waals surface area (Å²) in [4.78, 5) is 0. The number of aromatic hydroxyl groups is 2. The van der Waals surface area contributed by atoms with E-state index in [1.54, 1.807) is 24.3 Å². The zero-order chi connectivity index (χ0) is 10.3. The van der Waals surface area contributed by atoms with E-state index in [0.717, 1.165) is 0 Å². The first-order chi connectivity index (χ1) is 6.63. The van der Waals surface area contributed by atoms with Gasteiger partial charge in [-0.3, -0.25) is 0 Å². The predicted molar refractivity (Wildman–Crippen MR) is 57.3 cm³/mol. The van der Waals surface area contributed by atoms with Crippen LogP contribution in [0.15, 0.2) is 24.3 Å². The molecule has 14 heavy (non-hydrogen) atoms. The third-order valence-electron chi connectivity index (χ3n) is 2.05. The lowest BCUT2D eigenvalue weighted by Gasteiger charge is -2.07. The van der Waals surface area contributed by atoms with Crippen molar-refractivity contribution < 1.29 is 10.2 Å². The summed E-state index contributed by atoms with van der Waals surface area (Å²) in [5, 5.41) is 20.2. The molecule has 0 bridgehead atoms. The van der Waals surface area contributed by atoms with Gasteiger partial charge in [-0.2, -0.15) is 0 Å². The highest BCUT2D eigenvalue weighted by atomic mass is 35.5. The van der Waals surface area contributed by atoms with Gasteiger partial charge >= 0.3 is 0 Å². The van der Waals surface area contributed by atoms with E-state index in [9.17, 15) is 10.2 Å². The van der Waals surface area contributed by atoms with Gasteiger partial charge in [0.25, 0.3) is 0 Å². The number of phenolic OH excluding ortho intramolecular Hbond substituents is 2. The number of benzene rings is 2. The topological polar surface area (TPSA) is 40.5 Å². The maximum absolute atomic E-state index is 9.64. The molecule has 0 heterocycles. The average Bonchev–Trinajstić information content (AvgIpc) is 2.23. The smallest absolute Gasteiger partial charge is 0.143 e. The molecule has 0 aliphatic carbocycles. The monoisotopic (exact) mass is 228 g/mol. The van der Waals surface area contributed by atoms with Crippen molar-refractivity contribution >= 4 is 34.0 Å². The molecular weight excluding hydrogens is 223 g/mol. The molecule has 72 valence electrons. The second-order valence-corrected chi connectivity index (χ2v) is 3.63. The van der Waals surface area contributed by atoms with Gasteiger partial charge < -0.3 is 10.2 Å². The first-order valence-corrected chi connectivity index (χ1v) is 4.66. The van der Waals surface area contributed by atoms with Crippen molar-refractivity contribution in [2.75, 3.05) is 0 Å². The van der Waals surface area contributed by atoms with E-state index in [1.807, 2.05) is 0 Å². The minimum atomic E-state index is -0.106. The van der Waals surface area contributed by atoms with E-state index < -0.39 is 0 Å². The molecule has 0 amide bonds. The molecule has 0 atom stereocenters. The highest BCUT2D eigenvalue weighted by molar-refractivity contribution is 6.45. The Kier molecular flexibility index (Phi) is 2.17. The summed E-state index contributed by atoms with van der Waals surface area (Å²) in [6.45, 7) is 0. The van der Waals surface area contributed by atoms with Gasteiger partial charge in [-0.25, -0.2) is 0 Å². The Morgan fingerprint density at radius 1 is 0.786 bits per heavy atom. The molecule has 2 nitrogen and oxygen atoms in total. The van der Waals surface area contributed by atoms with Gasteiger partial charge in [0, 0.05) is 10.8 Å². The molecule has 2 N–H and O–H groups in total. The van der Waals surface area contributed by atoms with Crippen LogP contribution in [0, 0.1) is 0 Å². The van der Waals surface area contributed by atoms with Crippen LogP contribution in [0.25, 0.3) is 10.8 Å². The van der Waals surface area contributed by atoms with Crippen LogP contribution < -0.4 is 0 Å². The third kappa shape index (κ3) is 1.19. The summed E-state index contributed by atoms with van der Waals surface area (Å²) in [5.74, 6) is -0.213. The van der Waals surface area contributed by atoms with Gasteiger partial charge in [-0.1, -0.05) is 47.5 Å². The molecule has 0 aliphatic heterocycles. The summed E-state index contributed by atoms with van der Waals surface area (Å²) in [6.07, 6.45) is 0. The van der Waals surface area contributed by atoms with Crippen molar-refractivity contribution in [2.24, 2.45) is 0 Å². The van der Waals surface area contributed by atoms with Gasteiger partial charge in [0.2, 0.25) is 0 Å². The summed E-state index contributed by atoms with van der Waals surface area (Å²) in [6, 6.07) is 6.80. The van der Waals surface area contributed by atoms with Gasteiger partial charge in [-0.05, 0) is 0 Å². The Morgan fingerprint density at radius 3 is 1.50 bits per heavy atom. The van der Waals surface area contributed by atoms with Gasteiger partial charge in [0.05, 0.1) is 0 Å². The number of phenols is 2. The molecule has 0 spiro atoms. The molecule has 2 rings (SSSR count). The van der Waals surface area contributed by atoms with Gasteiger partial charge in [-0.15, -0.1) is 0 Å². The van der Waals surface area contributed by atoms with Crippen molar-refractivity contribution in [2.45, 2.75) is 0 Å². The molecule has 4 heteroatoms. The Bertz CT molecular complexity index is 462. The number of halogens is 2. The number of rotatable bonds is 0. The average molecular weight is 229 g/mol. The Morgan fingerprint density at radius 2 is 1.14 bits per heavy atom. The Hall–Kier alpha value is -1.12. The minimum absolute atomic E-state index is 0.0251. The first kappa shape index (κ1) is 9.44. The maximum Gasteiger partial charge on any atom is 0.143 e. The molecule has 2 aromatic rings. The summed E-state index contributed by atoms with van der Waals surface area (Å²) < 4.78 is 0. The van der Waals surface area contributed by atoms with E-state index in [1.165, 1.54) is 0 Å². The van der Waals surface area contributed by atoms with Crippen molar-refractivity contribution in [3.63, 3.8) is 0 Å². The Labute approximate surface area is 90.3 Å². The lowest BCUT2D eigenvalue weighted by Crippen LogP contribution is -1.79. The standard InChI is InChI=1S/C10H6Cl2O2/c11-7-8(12)10(14)6-4-2-1-3-5(6)9(7)13/h1-4,13-14H. The van der Waals surface area contributed by atoms with Crippen LogP contribution in [0.4, 0.5) is 0 Å². The van der Waals surface area contributed by atoms with Crippen LogP contribution in [0.3, 0.4) is 0 Å². The second-order valence-electron chi connectivity index (χ2n) is 2.87. The fourth-order valence-electron chi connectivity index (χ4n) is 1.34.